The number of ether oxygens (including phenoxy) is 1. The number of halogens is 1. The molecule has 1 aromatic rings. The predicted octanol–water partition coefficient (Wildman–Crippen LogP) is 2.38. The van der Waals surface area contributed by atoms with Crippen molar-refractivity contribution in [1.82, 2.24) is 5.32 Å². The predicted molar refractivity (Wildman–Crippen MR) is 78.7 cm³/mol. The monoisotopic (exact) mass is 298 g/mol. The van der Waals surface area contributed by atoms with Crippen molar-refractivity contribution in [2.45, 2.75) is 32.8 Å². The Hall–Kier alpha value is -1.75. The lowest BCUT2D eigenvalue weighted by Crippen LogP contribution is -2.36. The number of nitrogens with one attached hydrogen (secondary N) is 1. The van der Waals surface area contributed by atoms with Gasteiger partial charge in [0.15, 0.2) is 6.10 Å². The van der Waals surface area contributed by atoms with Gasteiger partial charge < -0.3 is 15.8 Å². The average Bonchev–Trinajstić information content (AvgIpc) is 2.38. The first-order valence-electron chi connectivity index (χ1n) is 6.50. The van der Waals surface area contributed by atoms with Crippen molar-refractivity contribution in [3.05, 3.63) is 28.8 Å². The summed E-state index contributed by atoms with van der Waals surface area (Å²) in [6.07, 6.45) is 0.962. The van der Waals surface area contributed by atoms with Gasteiger partial charge in [-0.2, -0.15) is 0 Å². The van der Waals surface area contributed by atoms with Gasteiger partial charge in [0, 0.05) is 12.2 Å². The number of nitrogen functional groups attached to an aromatic ring is 1. The molecule has 5 nitrogen and oxygen atoms in total. The van der Waals surface area contributed by atoms with Gasteiger partial charge in [-0.1, -0.05) is 31.0 Å². The molecule has 1 atom stereocenters. The number of nitrogens with two attached hydrogens (primary N) is 1. The van der Waals surface area contributed by atoms with Crippen LogP contribution in [0, 0.1) is 0 Å². The summed E-state index contributed by atoms with van der Waals surface area (Å²) in [6.45, 7) is 4.09. The molecule has 1 unspecified atom stereocenters. The molecule has 0 saturated heterocycles. The standard InChI is InChI=1S/C14H19ClN2O3/c1-3-4-8-17-13(18)9(2)20-14(19)12-10(15)6-5-7-11(12)16/h5-7,9H,3-4,8,16H2,1-2H3,(H,17,18). The van der Waals surface area contributed by atoms with Gasteiger partial charge in [0.2, 0.25) is 0 Å². The Labute approximate surface area is 123 Å². The SMILES string of the molecule is CCCCNC(=O)C(C)OC(=O)c1c(N)cccc1Cl. The van der Waals surface area contributed by atoms with Gasteiger partial charge in [-0.05, 0) is 25.5 Å². The molecule has 1 rings (SSSR count). The molecule has 1 amide bonds. The number of hydrogen-bond acceptors (Lipinski definition) is 4. The number of benzene rings is 1. The summed E-state index contributed by atoms with van der Waals surface area (Å²) in [7, 11) is 0. The number of rotatable bonds is 6. The lowest BCUT2D eigenvalue weighted by Gasteiger charge is -2.14. The summed E-state index contributed by atoms with van der Waals surface area (Å²) in [5, 5.41) is 2.89. The minimum absolute atomic E-state index is 0.0855. The maximum absolute atomic E-state index is 12.0. The van der Waals surface area contributed by atoms with Crippen LogP contribution in [0.3, 0.4) is 0 Å². The van der Waals surface area contributed by atoms with Gasteiger partial charge in [0.1, 0.15) is 5.56 Å². The van der Waals surface area contributed by atoms with Crippen LogP contribution in [-0.4, -0.2) is 24.5 Å². The quantitative estimate of drug-likeness (QED) is 0.480. The molecule has 3 N–H and O–H groups in total. The first-order valence-corrected chi connectivity index (χ1v) is 6.87. The Balaban J connectivity index is 2.64. The molecule has 110 valence electrons. The molecule has 0 aromatic heterocycles. The second kappa shape index (κ2) is 7.75. The molecule has 0 radical (unpaired) electrons. The van der Waals surface area contributed by atoms with Crippen molar-refractivity contribution in [3.8, 4) is 0 Å². The van der Waals surface area contributed by atoms with E-state index in [9.17, 15) is 9.59 Å². The van der Waals surface area contributed by atoms with Crippen molar-refractivity contribution >= 4 is 29.2 Å². The molecule has 6 heteroatoms. The number of unbranched alkanes of at least 4 members (excludes halogenated alkanes) is 1. The zero-order valence-electron chi connectivity index (χ0n) is 11.6. The van der Waals surface area contributed by atoms with Crippen molar-refractivity contribution in [3.63, 3.8) is 0 Å². The van der Waals surface area contributed by atoms with Gasteiger partial charge >= 0.3 is 5.97 Å². The minimum atomic E-state index is -0.893. The first kappa shape index (κ1) is 16.3. The van der Waals surface area contributed by atoms with Crippen LogP contribution < -0.4 is 11.1 Å². The third-order valence-corrected chi connectivity index (χ3v) is 3.05. The van der Waals surface area contributed by atoms with Crippen LogP contribution in [0.1, 0.15) is 37.0 Å². The fourth-order valence-corrected chi connectivity index (χ4v) is 1.82. The normalized spacial score (nSPS) is 11.8. The molecule has 0 heterocycles. The zero-order valence-corrected chi connectivity index (χ0v) is 12.4. The Morgan fingerprint density at radius 1 is 1.45 bits per heavy atom. The topological polar surface area (TPSA) is 81.4 Å². The highest BCUT2D eigenvalue weighted by atomic mass is 35.5. The van der Waals surface area contributed by atoms with E-state index in [1.54, 1.807) is 18.2 Å². The minimum Gasteiger partial charge on any atom is -0.449 e. The largest absolute Gasteiger partial charge is 0.449 e. The van der Waals surface area contributed by atoms with Crippen molar-refractivity contribution < 1.29 is 14.3 Å². The van der Waals surface area contributed by atoms with Crippen LogP contribution in [0.4, 0.5) is 5.69 Å². The summed E-state index contributed by atoms with van der Waals surface area (Å²) in [4.78, 5) is 23.7. The maximum atomic E-state index is 12.0. The van der Waals surface area contributed by atoms with Gasteiger partial charge in [0.05, 0.1) is 5.02 Å². The molecule has 0 aliphatic heterocycles. The van der Waals surface area contributed by atoms with Gasteiger partial charge in [-0.25, -0.2) is 4.79 Å². The van der Waals surface area contributed by atoms with Crippen LogP contribution in [0.15, 0.2) is 18.2 Å². The highest BCUT2D eigenvalue weighted by Crippen LogP contribution is 2.23. The fraction of sp³-hybridized carbons (Fsp3) is 0.429. The molecule has 0 aliphatic carbocycles. The molecular weight excluding hydrogens is 280 g/mol. The van der Waals surface area contributed by atoms with Crippen molar-refractivity contribution in [2.24, 2.45) is 0 Å². The smallest absolute Gasteiger partial charge is 0.342 e. The summed E-state index contributed by atoms with van der Waals surface area (Å²) < 4.78 is 5.08. The number of carbonyl (C=O) groups is 2. The maximum Gasteiger partial charge on any atom is 0.342 e. The average molecular weight is 299 g/mol. The molecule has 1 aromatic carbocycles. The van der Waals surface area contributed by atoms with E-state index in [0.29, 0.717) is 6.54 Å². The number of hydrogen-bond donors (Lipinski definition) is 2. The van der Waals surface area contributed by atoms with Gasteiger partial charge in [-0.15, -0.1) is 0 Å². The van der Waals surface area contributed by atoms with Crippen LogP contribution in [0.5, 0.6) is 0 Å². The van der Waals surface area contributed by atoms with Crippen LogP contribution in [-0.2, 0) is 9.53 Å². The second-order valence-corrected chi connectivity index (χ2v) is 4.80. The fourth-order valence-electron chi connectivity index (χ4n) is 1.56. The summed E-state index contributed by atoms with van der Waals surface area (Å²) in [6, 6.07) is 4.73. The van der Waals surface area contributed by atoms with E-state index in [4.69, 9.17) is 22.1 Å². The van der Waals surface area contributed by atoms with E-state index in [-0.39, 0.29) is 22.2 Å². The lowest BCUT2D eigenvalue weighted by atomic mass is 10.2. The van der Waals surface area contributed by atoms with Crippen LogP contribution >= 0.6 is 11.6 Å². The number of esters is 1. The van der Waals surface area contributed by atoms with Crippen LogP contribution in [0.25, 0.3) is 0 Å². The molecule has 0 spiro atoms. The number of carbonyl (C=O) groups excluding carboxylic acids is 2. The van der Waals surface area contributed by atoms with E-state index >= 15 is 0 Å². The van der Waals surface area contributed by atoms with E-state index in [2.05, 4.69) is 5.32 Å². The van der Waals surface area contributed by atoms with Gasteiger partial charge in [-0.3, -0.25) is 4.79 Å². The molecule has 20 heavy (non-hydrogen) atoms. The highest BCUT2D eigenvalue weighted by Gasteiger charge is 2.21. The molecule has 0 fully saturated rings. The Morgan fingerprint density at radius 2 is 2.15 bits per heavy atom. The van der Waals surface area contributed by atoms with Gasteiger partial charge in [0.25, 0.3) is 5.91 Å². The van der Waals surface area contributed by atoms with Crippen molar-refractivity contribution in [2.75, 3.05) is 12.3 Å². The van der Waals surface area contributed by atoms with E-state index < -0.39 is 12.1 Å². The van der Waals surface area contributed by atoms with Crippen molar-refractivity contribution in [1.29, 1.82) is 0 Å². The molecule has 0 saturated carbocycles. The zero-order chi connectivity index (χ0) is 15.1. The third-order valence-electron chi connectivity index (χ3n) is 2.73. The second-order valence-electron chi connectivity index (χ2n) is 4.40. The Kier molecular flexibility index (Phi) is 6.31. The summed E-state index contributed by atoms with van der Waals surface area (Å²) in [5.41, 5.74) is 6.00. The van der Waals surface area contributed by atoms with E-state index in [1.807, 2.05) is 6.92 Å². The van der Waals surface area contributed by atoms with E-state index in [1.165, 1.54) is 6.92 Å². The first-order chi connectivity index (χ1) is 9.47. The third kappa shape index (κ3) is 4.42. The highest BCUT2D eigenvalue weighted by molar-refractivity contribution is 6.34. The Bertz CT molecular complexity index is 471. The molecule has 0 aliphatic rings. The van der Waals surface area contributed by atoms with Crippen LogP contribution in [0.2, 0.25) is 5.02 Å². The molecule has 0 bridgehead atoms. The molecular formula is C14H19ClN2O3. The summed E-state index contributed by atoms with van der Waals surface area (Å²) >= 11 is 5.91. The summed E-state index contributed by atoms with van der Waals surface area (Å²) in [5.74, 6) is -1.04. The van der Waals surface area contributed by atoms with E-state index in [0.717, 1.165) is 12.8 Å². The Morgan fingerprint density at radius 3 is 2.75 bits per heavy atom. The number of amides is 1. The number of anilines is 1. The lowest BCUT2D eigenvalue weighted by molar-refractivity contribution is -0.129.